The van der Waals surface area contributed by atoms with Crippen LogP contribution in [-0.4, -0.2) is 0 Å². The normalized spacial score (nSPS) is 9.58. The molecular formula is C8H6Cl2O2. The van der Waals surface area contributed by atoms with Crippen LogP contribution in [0.1, 0.15) is 11.3 Å². The van der Waals surface area contributed by atoms with Crippen molar-refractivity contribution in [3.63, 3.8) is 0 Å². The molecular weight excluding hydrogens is 199 g/mol. The fraction of sp³-hybridized carbons (Fsp3) is 0.125. The molecule has 1 aromatic rings. The zero-order chi connectivity index (χ0) is 9.14. The number of hydrogen-bond acceptors (Lipinski definition) is 2. The monoisotopic (exact) mass is 204 g/mol. The van der Waals surface area contributed by atoms with Gasteiger partial charge in [-0.25, -0.2) is 4.79 Å². The lowest BCUT2D eigenvalue weighted by Gasteiger charge is -1.93. The Morgan fingerprint density at radius 2 is 2.17 bits per heavy atom. The molecule has 0 saturated heterocycles. The average molecular weight is 205 g/mol. The van der Waals surface area contributed by atoms with Crippen molar-refractivity contribution in [2.45, 2.75) is 6.92 Å². The van der Waals surface area contributed by atoms with Crippen molar-refractivity contribution in [2.24, 2.45) is 0 Å². The molecule has 0 N–H and O–H groups in total. The van der Waals surface area contributed by atoms with Crippen LogP contribution in [0.25, 0.3) is 6.08 Å². The Morgan fingerprint density at radius 1 is 1.50 bits per heavy atom. The van der Waals surface area contributed by atoms with Crippen molar-refractivity contribution in [3.8, 4) is 0 Å². The first-order chi connectivity index (χ1) is 5.58. The Bertz CT molecular complexity index is 362. The van der Waals surface area contributed by atoms with E-state index in [4.69, 9.17) is 27.6 Å². The minimum absolute atomic E-state index is 0.0590. The molecule has 0 aliphatic rings. The maximum absolute atomic E-state index is 10.8. The lowest BCUT2D eigenvalue weighted by atomic mass is 10.3. The third kappa shape index (κ3) is 2.72. The molecule has 0 spiro atoms. The molecule has 0 aromatic carbocycles. The third-order valence-corrected chi connectivity index (χ3v) is 1.40. The van der Waals surface area contributed by atoms with Crippen LogP contribution >= 0.6 is 23.2 Å². The van der Waals surface area contributed by atoms with E-state index in [1.54, 1.807) is 13.0 Å². The van der Waals surface area contributed by atoms with Crippen LogP contribution in [0, 0.1) is 6.92 Å². The largest absolute Gasteiger partial charge is 0.423 e. The summed E-state index contributed by atoms with van der Waals surface area (Å²) in [7, 11) is 0. The van der Waals surface area contributed by atoms with Gasteiger partial charge in [0.05, 0.1) is 0 Å². The van der Waals surface area contributed by atoms with Crippen LogP contribution < -0.4 is 5.63 Å². The first-order valence-corrected chi connectivity index (χ1v) is 3.98. The fourth-order valence-electron chi connectivity index (χ4n) is 0.806. The molecule has 12 heavy (non-hydrogen) atoms. The number of aryl methyl sites for hydroxylation is 1. The highest BCUT2D eigenvalue weighted by Gasteiger charge is 1.95. The van der Waals surface area contributed by atoms with Crippen molar-refractivity contribution in [2.75, 3.05) is 0 Å². The molecule has 0 amide bonds. The average Bonchev–Trinajstić information content (AvgIpc) is 1.81. The maximum Gasteiger partial charge on any atom is 0.336 e. The van der Waals surface area contributed by atoms with E-state index in [0.717, 1.165) is 5.56 Å². The lowest BCUT2D eigenvalue weighted by molar-refractivity contribution is 0.499. The van der Waals surface area contributed by atoms with Crippen molar-refractivity contribution in [1.29, 1.82) is 0 Å². The van der Waals surface area contributed by atoms with Crippen LogP contribution in [0.3, 0.4) is 0 Å². The van der Waals surface area contributed by atoms with Gasteiger partial charge in [0, 0.05) is 12.1 Å². The second kappa shape index (κ2) is 3.78. The fourth-order valence-corrected chi connectivity index (χ4v) is 1.02. The van der Waals surface area contributed by atoms with Crippen LogP contribution in [0.15, 0.2) is 25.8 Å². The smallest absolute Gasteiger partial charge is 0.336 e. The van der Waals surface area contributed by atoms with Gasteiger partial charge in [0.25, 0.3) is 0 Å². The lowest BCUT2D eigenvalue weighted by Crippen LogP contribution is -1.97. The summed E-state index contributed by atoms with van der Waals surface area (Å²) in [5.74, 6) is 0.361. The van der Waals surface area contributed by atoms with Gasteiger partial charge >= 0.3 is 5.63 Å². The zero-order valence-electron chi connectivity index (χ0n) is 6.30. The van der Waals surface area contributed by atoms with Crippen LogP contribution in [0.5, 0.6) is 0 Å². The standard InChI is InChI=1S/C8H6Cl2O2/c1-5-2-6(4-7(9)10)12-8(11)3-5/h2-4H,1H3. The Hall–Kier alpha value is -0.730. The van der Waals surface area contributed by atoms with E-state index in [2.05, 4.69) is 0 Å². The van der Waals surface area contributed by atoms with Gasteiger partial charge in [0.2, 0.25) is 0 Å². The SMILES string of the molecule is Cc1cc(C=C(Cl)Cl)oc(=O)c1. The minimum atomic E-state index is -0.407. The first kappa shape index (κ1) is 9.36. The van der Waals surface area contributed by atoms with Gasteiger partial charge in [-0.15, -0.1) is 0 Å². The Kier molecular flexibility index (Phi) is 2.95. The van der Waals surface area contributed by atoms with Gasteiger partial charge in [-0.05, 0) is 18.6 Å². The molecule has 0 aliphatic heterocycles. The molecule has 0 atom stereocenters. The summed E-state index contributed by atoms with van der Waals surface area (Å²) in [4.78, 5) is 10.8. The van der Waals surface area contributed by atoms with Crippen LogP contribution in [0.4, 0.5) is 0 Å². The molecule has 1 aromatic heterocycles. The van der Waals surface area contributed by atoms with Crippen molar-refractivity contribution in [3.05, 3.63) is 38.4 Å². The van der Waals surface area contributed by atoms with E-state index in [0.29, 0.717) is 5.76 Å². The second-order valence-corrected chi connectivity index (χ2v) is 3.30. The summed E-state index contributed by atoms with van der Waals surface area (Å²) in [5.41, 5.74) is 0.405. The quantitative estimate of drug-likeness (QED) is 0.705. The van der Waals surface area contributed by atoms with Crippen LogP contribution in [-0.2, 0) is 0 Å². The summed E-state index contributed by atoms with van der Waals surface area (Å²) < 4.78 is 4.83. The summed E-state index contributed by atoms with van der Waals surface area (Å²) in [6.07, 6.45) is 1.37. The predicted molar refractivity (Wildman–Crippen MR) is 49.4 cm³/mol. The highest BCUT2D eigenvalue weighted by molar-refractivity contribution is 6.57. The number of halogens is 2. The second-order valence-electron chi connectivity index (χ2n) is 2.29. The van der Waals surface area contributed by atoms with E-state index in [-0.39, 0.29) is 4.49 Å². The molecule has 0 radical (unpaired) electrons. The molecule has 4 heteroatoms. The van der Waals surface area contributed by atoms with E-state index in [9.17, 15) is 4.79 Å². The summed E-state index contributed by atoms with van der Waals surface area (Å²) in [6, 6.07) is 3.06. The molecule has 0 bridgehead atoms. The van der Waals surface area contributed by atoms with Gasteiger partial charge in [0.15, 0.2) is 0 Å². The zero-order valence-corrected chi connectivity index (χ0v) is 7.82. The molecule has 0 fully saturated rings. The molecule has 2 nitrogen and oxygen atoms in total. The van der Waals surface area contributed by atoms with E-state index in [1.807, 2.05) is 0 Å². The van der Waals surface area contributed by atoms with Gasteiger partial charge in [-0.1, -0.05) is 23.2 Å². The Labute approximate surface area is 79.4 Å². The highest BCUT2D eigenvalue weighted by atomic mass is 35.5. The van der Waals surface area contributed by atoms with Crippen LogP contribution in [0.2, 0.25) is 0 Å². The maximum atomic E-state index is 10.8. The Balaban J connectivity index is 3.18. The molecule has 1 heterocycles. The Morgan fingerprint density at radius 3 is 2.67 bits per heavy atom. The number of rotatable bonds is 1. The molecule has 0 aliphatic carbocycles. The van der Waals surface area contributed by atoms with E-state index in [1.165, 1.54) is 12.1 Å². The van der Waals surface area contributed by atoms with E-state index >= 15 is 0 Å². The van der Waals surface area contributed by atoms with Gasteiger partial charge in [0.1, 0.15) is 10.3 Å². The van der Waals surface area contributed by atoms with Crippen molar-refractivity contribution >= 4 is 29.3 Å². The highest BCUT2D eigenvalue weighted by Crippen LogP contribution is 2.12. The third-order valence-electron chi connectivity index (χ3n) is 1.19. The van der Waals surface area contributed by atoms with Gasteiger partial charge in [-0.2, -0.15) is 0 Å². The minimum Gasteiger partial charge on any atom is -0.423 e. The predicted octanol–water partition coefficient (Wildman–Crippen LogP) is 2.72. The summed E-state index contributed by atoms with van der Waals surface area (Å²) >= 11 is 10.8. The molecule has 1 rings (SSSR count). The summed E-state index contributed by atoms with van der Waals surface area (Å²) in [6.45, 7) is 1.79. The van der Waals surface area contributed by atoms with Gasteiger partial charge < -0.3 is 4.42 Å². The topological polar surface area (TPSA) is 30.2 Å². The summed E-state index contributed by atoms with van der Waals surface area (Å²) in [5, 5.41) is 0. The number of hydrogen-bond donors (Lipinski definition) is 0. The van der Waals surface area contributed by atoms with E-state index < -0.39 is 5.63 Å². The van der Waals surface area contributed by atoms with Gasteiger partial charge in [-0.3, -0.25) is 0 Å². The molecule has 64 valence electrons. The first-order valence-electron chi connectivity index (χ1n) is 3.22. The van der Waals surface area contributed by atoms with Crippen molar-refractivity contribution in [1.82, 2.24) is 0 Å². The van der Waals surface area contributed by atoms with Crippen molar-refractivity contribution < 1.29 is 4.42 Å². The molecule has 0 unspecified atom stereocenters. The molecule has 0 saturated carbocycles.